The van der Waals surface area contributed by atoms with E-state index in [4.69, 9.17) is 17.0 Å². The van der Waals surface area contributed by atoms with Crippen LogP contribution in [0.3, 0.4) is 0 Å². The molecule has 1 N–H and O–H groups in total. The maximum absolute atomic E-state index is 12.5. The lowest BCUT2D eigenvalue weighted by Gasteiger charge is -2.20. The zero-order valence-electron chi connectivity index (χ0n) is 15.4. The molecule has 0 saturated heterocycles. The van der Waals surface area contributed by atoms with E-state index in [1.165, 1.54) is 28.5 Å². The molecule has 1 amide bonds. The van der Waals surface area contributed by atoms with Crippen LogP contribution in [0.2, 0.25) is 5.02 Å². The van der Waals surface area contributed by atoms with Crippen LogP contribution < -0.4 is 0 Å². The Morgan fingerprint density at radius 1 is 1.25 bits per heavy atom. The highest BCUT2D eigenvalue weighted by molar-refractivity contribution is 8.45. The first kappa shape index (κ1) is 19.0. The highest BCUT2D eigenvalue weighted by atomic mass is 35.5. The van der Waals surface area contributed by atoms with Crippen LogP contribution in [0.25, 0.3) is 11.8 Å². The summed E-state index contributed by atoms with van der Waals surface area (Å²) in [6, 6.07) is 9.58. The van der Waals surface area contributed by atoms with Gasteiger partial charge in [0.1, 0.15) is 0 Å². The Morgan fingerprint density at radius 3 is 2.64 bits per heavy atom. The number of hydrogen-bond acceptors (Lipinski definition) is 5. The number of rotatable bonds is 2. The summed E-state index contributed by atoms with van der Waals surface area (Å²) in [5, 5.41) is 15.3. The molecule has 3 heterocycles. The van der Waals surface area contributed by atoms with Crippen molar-refractivity contribution in [3.8, 4) is 5.69 Å². The third kappa shape index (κ3) is 3.21. The first-order valence-electron chi connectivity index (χ1n) is 8.38. The second kappa shape index (κ2) is 7.27. The van der Waals surface area contributed by atoms with Gasteiger partial charge in [-0.25, -0.2) is 0 Å². The van der Waals surface area contributed by atoms with Gasteiger partial charge in [0, 0.05) is 22.1 Å². The molecule has 0 radical (unpaired) electrons. The first-order valence-corrected chi connectivity index (χ1v) is 10.8. The number of nitrogens with zero attached hydrogens (tertiary/aromatic N) is 4. The molecule has 2 aromatic rings. The highest BCUT2D eigenvalue weighted by Crippen LogP contribution is 2.32. The highest BCUT2D eigenvalue weighted by Gasteiger charge is 2.35. The Kier molecular flexibility index (Phi) is 4.95. The van der Waals surface area contributed by atoms with Crippen molar-refractivity contribution in [1.29, 1.82) is 5.41 Å². The zero-order valence-corrected chi connectivity index (χ0v) is 17.7. The number of benzene rings is 1. The summed E-state index contributed by atoms with van der Waals surface area (Å²) in [5.41, 5.74) is 4.06. The molecule has 0 aliphatic carbocycles. The first-order chi connectivity index (χ1) is 13.4. The lowest BCUT2D eigenvalue weighted by atomic mass is 10.1. The monoisotopic (exact) mass is 429 g/mol. The fourth-order valence-electron chi connectivity index (χ4n) is 3.13. The SMILES string of the molecule is CSC1=NN2C(=N)C(=Cc3cc(C)n(-c4ccc(Cl)cc4)c3C)C(=O)N=C2S1. The summed E-state index contributed by atoms with van der Waals surface area (Å²) in [7, 11) is 0. The normalized spacial score (nSPS) is 17.9. The number of fused-ring (bicyclic) bond motifs is 1. The number of aryl methyl sites for hydroxylation is 1. The van der Waals surface area contributed by atoms with Gasteiger partial charge in [0.25, 0.3) is 5.91 Å². The number of carbonyl (C=O) groups is 1. The molecule has 142 valence electrons. The van der Waals surface area contributed by atoms with Crippen LogP contribution in [0, 0.1) is 19.3 Å². The fourth-order valence-corrected chi connectivity index (χ4v) is 4.61. The number of hydrogen-bond donors (Lipinski definition) is 1. The minimum absolute atomic E-state index is 0.0443. The zero-order chi connectivity index (χ0) is 20.0. The van der Waals surface area contributed by atoms with E-state index in [1.54, 1.807) is 6.08 Å². The summed E-state index contributed by atoms with van der Waals surface area (Å²) in [4.78, 5) is 16.6. The van der Waals surface area contributed by atoms with Crippen molar-refractivity contribution in [3.05, 3.63) is 57.9 Å². The van der Waals surface area contributed by atoms with E-state index in [0.29, 0.717) is 10.2 Å². The summed E-state index contributed by atoms with van der Waals surface area (Å²) in [6.45, 7) is 3.98. The Bertz CT molecular complexity index is 1100. The molecule has 0 spiro atoms. The largest absolute Gasteiger partial charge is 0.318 e. The standard InChI is InChI=1S/C19H16ClN5OS2/c1-10-8-12(11(2)24(10)14-6-4-13(20)5-7-14)9-15-16(21)25-18(22-17(15)26)28-19(23-25)27-3/h4-9,21H,1-3H3. The molecular formula is C19H16ClN5OS2. The van der Waals surface area contributed by atoms with Gasteiger partial charge < -0.3 is 4.57 Å². The van der Waals surface area contributed by atoms with Gasteiger partial charge in [0.05, 0.1) is 5.57 Å². The Hall–Kier alpha value is -2.29. The average molecular weight is 430 g/mol. The average Bonchev–Trinajstić information content (AvgIpc) is 3.20. The minimum Gasteiger partial charge on any atom is -0.318 e. The molecule has 0 saturated carbocycles. The number of nitrogens with one attached hydrogen (secondary N) is 1. The van der Waals surface area contributed by atoms with Gasteiger partial charge in [0.2, 0.25) is 5.17 Å². The molecule has 2 aliphatic rings. The summed E-state index contributed by atoms with van der Waals surface area (Å²) in [5.74, 6) is -0.375. The van der Waals surface area contributed by atoms with Gasteiger partial charge in [-0.15, -0.1) is 16.9 Å². The van der Waals surface area contributed by atoms with E-state index in [1.807, 2.05) is 50.4 Å². The smallest absolute Gasteiger partial charge is 0.283 e. The molecule has 0 atom stereocenters. The molecule has 28 heavy (non-hydrogen) atoms. The van der Waals surface area contributed by atoms with Gasteiger partial charge in [-0.05, 0) is 73.8 Å². The van der Waals surface area contributed by atoms with Gasteiger partial charge in [-0.2, -0.15) is 10.0 Å². The Balaban J connectivity index is 1.75. The summed E-state index contributed by atoms with van der Waals surface area (Å²) >= 11 is 8.77. The van der Waals surface area contributed by atoms with E-state index < -0.39 is 5.91 Å². The Morgan fingerprint density at radius 2 is 1.96 bits per heavy atom. The topological polar surface area (TPSA) is 73.8 Å². The van der Waals surface area contributed by atoms with Crippen molar-refractivity contribution in [2.75, 3.05) is 6.26 Å². The van der Waals surface area contributed by atoms with Crippen molar-refractivity contribution >= 4 is 62.5 Å². The molecule has 4 rings (SSSR count). The molecule has 0 unspecified atom stereocenters. The lowest BCUT2D eigenvalue weighted by Crippen LogP contribution is -2.35. The fraction of sp³-hybridized carbons (Fsp3) is 0.158. The second-order valence-electron chi connectivity index (χ2n) is 6.23. The van der Waals surface area contributed by atoms with Crippen molar-refractivity contribution < 1.29 is 4.79 Å². The quantitative estimate of drug-likeness (QED) is 0.703. The van der Waals surface area contributed by atoms with Crippen molar-refractivity contribution in [2.45, 2.75) is 13.8 Å². The van der Waals surface area contributed by atoms with Crippen LogP contribution >= 0.6 is 35.1 Å². The number of halogens is 1. The maximum Gasteiger partial charge on any atom is 0.283 e. The molecule has 1 aromatic carbocycles. The molecule has 0 fully saturated rings. The molecule has 6 nitrogen and oxygen atoms in total. The van der Waals surface area contributed by atoms with Gasteiger partial charge in [0.15, 0.2) is 10.2 Å². The van der Waals surface area contributed by atoms with E-state index in [9.17, 15) is 4.79 Å². The van der Waals surface area contributed by atoms with Crippen LogP contribution in [0.1, 0.15) is 17.0 Å². The van der Waals surface area contributed by atoms with Crippen LogP contribution in [0.15, 0.2) is 46.0 Å². The van der Waals surface area contributed by atoms with Crippen LogP contribution in [0.5, 0.6) is 0 Å². The summed E-state index contributed by atoms with van der Waals surface area (Å²) in [6.07, 6.45) is 3.62. The minimum atomic E-state index is -0.419. The summed E-state index contributed by atoms with van der Waals surface area (Å²) < 4.78 is 2.85. The van der Waals surface area contributed by atoms with E-state index in [-0.39, 0.29) is 11.4 Å². The molecular weight excluding hydrogens is 414 g/mol. The Labute approximate surface area is 175 Å². The van der Waals surface area contributed by atoms with Crippen molar-refractivity contribution in [2.24, 2.45) is 10.1 Å². The third-order valence-corrected chi connectivity index (χ3v) is 6.60. The number of thioether (sulfide) groups is 2. The van der Waals surface area contributed by atoms with Crippen LogP contribution in [-0.2, 0) is 4.79 Å². The molecule has 1 aromatic heterocycles. The van der Waals surface area contributed by atoms with Crippen LogP contribution in [-0.4, -0.2) is 37.1 Å². The number of aliphatic imine (C=N–C) groups is 1. The van der Waals surface area contributed by atoms with Gasteiger partial charge in [-0.1, -0.05) is 11.6 Å². The van der Waals surface area contributed by atoms with E-state index >= 15 is 0 Å². The van der Waals surface area contributed by atoms with Gasteiger partial charge in [-0.3, -0.25) is 10.2 Å². The number of hydrazone groups is 1. The lowest BCUT2D eigenvalue weighted by molar-refractivity contribution is -0.114. The van der Waals surface area contributed by atoms with E-state index in [2.05, 4.69) is 14.7 Å². The number of aromatic nitrogens is 1. The maximum atomic E-state index is 12.5. The number of amides is 1. The predicted octanol–water partition coefficient (Wildman–Crippen LogP) is 4.69. The van der Waals surface area contributed by atoms with E-state index in [0.717, 1.165) is 27.0 Å². The number of carbonyl (C=O) groups excluding carboxylic acids is 1. The number of amidine groups is 2. The molecule has 0 bridgehead atoms. The molecule has 2 aliphatic heterocycles. The molecule has 9 heteroatoms. The van der Waals surface area contributed by atoms with Crippen LogP contribution in [0.4, 0.5) is 0 Å². The van der Waals surface area contributed by atoms with Crippen molar-refractivity contribution in [1.82, 2.24) is 9.58 Å². The van der Waals surface area contributed by atoms with Crippen molar-refractivity contribution in [3.63, 3.8) is 0 Å². The second-order valence-corrected chi connectivity index (χ2v) is 8.67. The third-order valence-electron chi connectivity index (χ3n) is 4.47. The van der Waals surface area contributed by atoms with Gasteiger partial charge >= 0.3 is 0 Å². The predicted molar refractivity (Wildman–Crippen MR) is 119 cm³/mol.